The van der Waals surface area contributed by atoms with Gasteiger partial charge in [-0.25, -0.2) is 0 Å². The molecule has 0 amide bonds. The maximum Gasteiger partial charge on any atom is 0.272 e. The van der Waals surface area contributed by atoms with Crippen LogP contribution in [0.5, 0.6) is 0 Å². The van der Waals surface area contributed by atoms with Crippen molar-refractivity contribution in [3.8, 4) is 0 Å². The molecule has 1 aliphatic heterocycles. The Labute approximate surface area is 93.7 Å². The minimum Gasteiger partial charge on any atom is -0.361 e. The second-order valence-electron chi connectivity index (χ2n) is 4.11. The minimum atomic E-state index is -1.22. The van der Waals surface area contributed by atoms with Crippen LogP contribution in [-0.4, -0.2) is 17.1 Å². The molecule has 4 nitrogen and oxygen atoms in total. The lowest BCUT2D eigenvalue weighted by Gasteiger charge is -2.22. The van der Waals surface area contributed by atoms with Crippen molar-refractivity contribution in [3.05, 3.63) is 58.2 Å². The normalized spacial score (nSPS) is 29.3. The molecule has 16 heavy (non-hydrogen) atoms. The van der Waals surface area contributed by atoms with Crippen LogP contribution in [0, 0.1) is 10.1 Å². The minimum absolute atomic E-state index is 0.247. The SMILES string of the molecule is C=C1CO[C@H](c2ccccc2)[C@@]1(C)[N+](=O)[O-]. The van der Waals surface area contributed by atoms with Gasteiger partial charge >= 0.3 is 0 Å². The molecule has 84 valence electrons. The lowest BCUT2D eigenvalue weighted by Crippen LogP contribution is -2.39. The van der Waals surface area contributed by atoms with Crippen molar-refractivity contribution in [2.45, 2.75) is 18.6 Å². The Balaban J connectivity index is 2.43. The van der Waals surface area contributed by atoms with Gasteiger partial charge in [-0.2, -0.15) is 0 Å². The predicted octanol–water partition coefficient (Wildman–Crippen LogP) is 2.35. The summed E-state index contributed by atoms with van der Waals surface area (Å²) in [7, 11) is 0. The Hall–Kier alpha value is -1.68. The van der Waals surface area contributed by atoms with Gasteiger partial charge in [-0.15, -0.1) is 0 Å². The van der Waals surface area contributed by atoms with Crippen molar-refractivity contribution in [3.63, 3.8) is 0 Å². The standard InChI is InChI=1S/C12H13NO3/c1-9-8-16-11(12(9,2)13(14)15)10-6-4-3-5-7-10/h3-7,11H,1,8H2,2H3/t11-,12+/m1/s1. The van der Waals surface area contributed by atoms with E-state index in [-0.39, 0.29) is 11.5 Å². The molecular formula is C12H13NO3. The van der Waals surface area contributed by atoms with Gasteiger partial charge < -0.3 is 4.74 Å². The van der Waals surface area contributed by atoms with Crippen LogP contribution < -0.4 is 0 Å². The van der Waals surface area contributed by atoms with E-state index in [2.05, 4.69) is 6.58 Å². The van der Waals surface area contributed by atoms with E-state index in [9.17, 15) is 10.1 Å². The van der Waals surface area contributed by atoms with E-state index in [4.69, 9.17) is 4.74 Å². The van der Waals surface area contributed by atoms with E-state index in [0.717, 1.165) is 5.56 Å². The molecule has 0 aliphatic carbocycles. The van der Waals surface area contributed by atoms with Gasteiger partial charge in [-0.1, -0.05) is 36.9 Å². The first kappa shape index (κ1) is 10.8. The lowest BCUT2D eigenvalue weighted by atomic mass is 9.86. The molecule has 1 fully saturated rings. The Morgan fingerprint density at radius 1 is 1.50 bits per heavy atom. The van der Waals surface area contributed by atoms with E-state index < -0.39 is 11.6 Å². The van der Waals surface area contributed by atoms with Crippen LogP contribution in [0.3, 0.4) is 0 Å². The summed E-state index contributed by atoms with van der Waals surface area (Å²) in [5.41, 5.74) is 0.119. The largest absolute Gasteiger partial charge is 0.361 e. The Kier molecular flexibility index (Phi) is 2.52. The molecule has 0 unspecified atom stereocenters. The first-order valence-corrected chi connectivity index (χ1v) is 5.06. The molecule has 0 bridgehead atoms. The third-order valence-corrected chi connectivity index (χ3v) is 3.13. The Morgan fingerprint density at radius 2 is 2.12 bits per heavy atom. The fourth-order valence-corrected chi connectivity index (χ4v) is 1.95. The first-order valence-electron chi connectivity index (χ1n) is 5.06. The maximum absolute atomic E-state index is 11.2. The second-order valence-corrected chi connectivity index (χ2v) is 4.11. The molecule has 1 aliphatic rings. The molecule has 2 atom stereocenters. The van der Waals surface area contributed by atoms with Crippen molar-refractivity contribution in [1.29, 1.82) is 0 Å². The van der Waals surface area contributed by atoms with Crippen molar-refractivity contribution in [2.75, 3.05) is 6.61 Å². The highest BCUT2D eigenvalue weighted by Crippen LogP contribution is 2.42. The summed E-state index contributed by atoms with van der Waals surface area (Å²) in [6, 6.07) is 9.24. The van der Waals surface area contributed by atoms with Gasteiger partial charge in [-0.05, 0) is 5.56 Å². The molecule has 1 aromatic rings. The third-order valence-electron chi connectivity index (χ3n) is 3.13. The van der Waals surface area contributed by atoms with Gasteiger partial charge in [0.05, 0.1) is 6.61 Å². The number of ether oxygens (including phenoxy) is 1. The monoisotopic (exact) mass is 219 g/mol. The zero-order valence-corrected chi connectivity index (χ0v) is 9.05. The van der Waals surface area contributed by atoms with Gasteiger partial charge in [0, 0.05) is 17.4 Å². The van der Waals surface area contributed by atoms with Crippen molar-refractivity contribution in [2.24, 2.45) is 0 Å². The van der Waals surface area contributed by atoms with E-state index in [1.165, 1.54) is 0 Å². The molecule has 4 heteroatoms. The maximum atomic E-state index is 11.2. The summed E-state index contributed by atoms with van der Waals surface area (Å²) < 4.78 is 5.49. The molecule has 1 heterocycles. The molecule has 0 radical (unpaired) electrons. The predicted molar refractivity (Wildman–Crippen MR) is 59.7 cm³/mol. The first-order chi connectivity index (χ1) is 7.56. The number of rotatable bonds is 2. The van der Waals surface area contributed by atoms with Gasteiger partial charge in [-0.3, -0.25) is 10.1 Å². The molecule has 0 saturated carbocycles. The number of nitro groups is 1. The summed E-state index contributed by atoms with van der Waals surface area (Å²) in [6.45, 7) is 5.55. The average Bonchev–Trinajstić information content (AvgIpc) is 2.58. The molecule has 1 aromatic carbocycles. The molecule has 0 spiro atoms. The number of benzene rings is 1. The molecule has 0 N–H and O–H groups in total. The smallest absolute Gasteiger partial charge is 0.272 e. The summed E-state index contributed by atoms with van der Waals surface area (Å²) >= 11 is 0. The van der Waals surface area contributed by atoms with Gasteiger partial charge in [0.1, 0.15) is 0 Å². The fourth-order valence-electron chi connectivity index (χ4n) is 1.95. The number of hydrogen-bond acceptors (Lipinski definition) is 3. The summed E-state index contributed by atoms with van der Waals surface area (Å²) in [5, 5.41) is 11.2. The van der Waals surface area contributed by atoms with Crippen LogP contribution >= 0.6 is 0 Å². The van der Waals surface area contributed by atoms with E-state index in [1.54, 1.807) is 6.92 Å². The Morgan fingerprint density at radius 3 is 2.69 bits per heavy atom. The van der Waals surface area contributed by atoms with Crippen molar-refractivity contribution in [1.82, 2.24) is 0 Å². The lowest BCUT2D eigenvalue weighted by molar-refractivity contribution is -0.561. The quantitative estimate of drug-likeness (QED) is 0.436. The van der Waals surface area contributed by atoms with Crippen LogP contribution in [0.1, 0.15) is 18.6 Å². The Bertz CT molecular complexity index is 429. The molecule has 1 saturated heterocycles. The van der Waals surface area contributed by atoms with Crippen LogP contribution in [0.4, 0.5) is 0 Å². The van der Waals surface area contributed by atoms with Crippen LogP contribution in [0.25, 0.3) is 0 Å². The highest BCUT2D eigenvalue weighted by Gasteiger charge is 2.54. The van der Waals surface area contributed by atoms with Gasteiger partial charge in [0.25, 0.3) is 5.54 Å². The van der Waals surface area contributed by atoms with Crippen molar-refractivity contribution < 1.29 is 9.66 Å². The molecule has 0 aromatic heterocycles. The highest BCUT2D eigenvalue weighted by atomic mass is 16.6. The van der Waals surface area contributed by atoms with Crippen LogP contribution in [0.15, 0.2) is 42.5 Å². The van der Waals surface area contributed by atoms with Crippen LogP contribution in [0.2, 0.25) is 0 Å². The summed E-state index contributed by atoms with van der Waals surface area (Å²) in [4.78, 5) is 10.9. The third kappa shape index (κ3) is 1.42. The highest BCUT2D eigenvalue weighted by molar-refractivity contribution is 5.29. The summed E-state index contributed by atoms with van der Waals surface area (Å²) in [6.07, 6.45) is -0.545. The zero-order valence-electron chi connectivity index (χ0n) is 9.05. The van der Waals surface area contributed by atoms with E-state index in [1.807, 2.05) is 30.3 Å². The number of nitrogens with zero attached hydrogens (tertiary/aromatic N) is 1. The summed E-state index contributed by atoms with van der Waals surface area (Å²) in [5.74, 6) is 0. The van der Waals surface area contributed by atoms with E-state index >= 15 is 0 Å². The van der Waals surface area contributed by atoms with E-state index in [0.29, 0.717) is 5.57 Å². The van der Waals surface area contributed by atoms with Gasteiger partial charge in [0.2, 0.25) is 0 Å². The topological polar surface area (TPSA) is 52.4 Å². The zero-order chi connectivity index (χ0) is 11.8. The van der Waals surface area contributed by atoms with Gasteiger partial charge in [0.15, 0.2) is 6.10 Å². The fraction of sp³-hybridized carbons (Fsp3) is 0.333. The second kappa shape index (κ2) is 3.72. The molecule has 2 rings (SSSR count). The average molecular weight is 219 g/mol. The van der Waals surface area contributed by atoms with Crippen LogP contribution in [-0.2, 0) is 4.74 Å². The van der Waals surface area contributed by atoms with Crippen molar-refractivity contribution >= 4 is 0 Å². The number of hydrogen-bond donors (Lipinski definition) is 0. The molecular weight excluding hydrogens is 206 g/mol.